The van der Waals surface area contributed by atoms with Crippen LogP contribution in [-0.4, -0.2) is 0 Å². The van der Waals surface area contributed by atoms with Crippen molar-refractivity contribution in [3.05, 3.63) is 12.8 Å². The van der Waals surface area contributed by atoms with Gasteiger partial charge in [0.2, 0.25) is 0 Å². The molecule has 0 aromatic carbocycles. The summed E-state index contributed by atoms with van der Waals surface area (Å²) in [5.74, 6) is 0. The van der Waals surface area contributed by atoms with Crippen LogP contribution in [0.4, 0.5) is 0 Å². The lowest BCUT2D eigenvalue weighted by Crippen LogP contribution is -1.85. The van der Waals surface area contributed by atoms with E-state index in [1.165, 1.54) is 6.20 Å². The summed E-state index contributed by atoms with van der Waals surface area (Å²) in [4.78, 5) is 0. The zero-order valence-electron chi connectivity index (χ0n) is 2.73. The minimum atomic E-state index is 1.33. The third-order valence-electron chi connectivity index (χ3n) is 0.156. The summed E-state index contributed by atoms with van der Waals surface area (Å²) >= 11 is 0. The van der Waals surface area contributed by atoms with E-state index in [4.69, 9.17) is 5.53 Å². The molecule has 0 aliphatic rings. The zero-order chi connectivity index (χ0) is 4.12. The molecule has 0 saturated heterocycles. The largest absolute Gasteiger partial charge is 0.268 e. The molecule has 0 unspecified atom stereocenters. The van der Waals surface area contributed by atoms with Crippen LogP contribution in [0.15, 0.2) is 18.0 Å². The van der Waals surface area contributed by atoms with E-state index in [9.17, 15) is 0 Å². The monoisotopic (exact) mass is 71.0 g/mol. The second-order valence-electron chi connectivity index (χ2n) is 0.445. The highest BCUT2D eigenvalue weighted by Crippen LogP contribution is 1.46. The average Bonchev–Trinajstić information content (AvgIpc) is 1.41. The van der Waals surface area contributed by atoms with E-state index < -0.39 is 0 Å². The summed E-state index contributed by atoms with van der Waals surface area (Å²) in [5, 5.41) is 2.74. The molecule has 5 heavy (non-hydrogen) atoms. The number of nitrogens with zero attached hydrogens (tertiary/aromatic N) is 1. The molecule has 0 aromatic heterocycles. The van der Waals surface area contributed by atoms with Crippen molar-refractivity contribution in [3.8, 4) is 0 Å². The zero-order valence-corrected chi connectivity index (χ0v) is 2.73. The first-order valence-electron chi connectivity index (χ1n) is 1.14. The molecule has 0 amide bonds. The Bertz CT molecular complexity index is 34.2. The standard InChI is InChI=1S/C2H5N3/c1-2-4-5-3/h2H,1H2,(H2,3,4). The van der Waals surface area contributed by atoms with Gasteiger partial charge in [0.25, 0.3) is 0 Å². The quantitative estimate of drug-likeness (QED) is 0.364. The maximum atomic E-state index is 6.05. The fourth-order valence-electron chi connectivity index (χ4n) is 0.0456. The molecule has 0 aliphatic heterocycles. The number of hydrogen-bond donors (Lipinski definition) is 2. The molecule has 0 fully saturated rings. The van der Waals surface area contributed by atoms with E-state index in [1.807, 2.05) is 0 Å². The molecule has 0 radical (unpaired) electrons. The summed E-state index contributed by atoms with van der Waals surface area (Å²) < 4.78 is 0. The van der Waals surface area contributed by atoms with E-state index in [-0.39, 0.29) is 0 Å². The van der Waals surface area contributed by atoms with Crippen LogP contribution < -0.4 is 5.43 Å². The number of rotatable bonds is 2. The SMILES string of the molecule is C=CNN=N. The maximum absolute atomic E-state index is 6.05. The van der Waals surface area contributed by atoms with Gasteiger partial charge in [-0.05, 0) is 0 Å². The Morgan fingerprint density at radius 2 is 2.60 bits per heavy atom. The van der Waals surface area contributed by atoms with Gasteiger partial charge in [-0.1, -0.05) is 11.8 Å². The van der Waals surface area contributed by atoms with E-state index in [0.717, 1.165) is 0 Å². The smallest absolute Gasteiger partial charge is 0.0144 e. The van der Waals surface area contributed by atoms with Gasteiger partial charge in [-0.2, -0.15) is 5.53 Å². The van der Waals surface area contributed by atoms with Crippen LogP contribution in [0.1, 0.15) is 0 Å². The second kappa shape index (κ2) is 3.14. The first-order chi connectivity index (χ1) is 2.41. The average molecular weight is 71.1 g/mol. The Morgan fingerprint density at radius 1 is 2.00 bits per heavy atom. The Labute approximate surface area is 30.2 Å². The van der Waals surface area contributed by atoms with Gasteiger partial charge in [-0.3, -0.25) is 5.43 Å². The van der Waals surface area contributed by atoms with E-state index in [2.05, 4.69) is 17.2 Å². The molecule has 0 rings (SSSR count). The summed E-state index contributed by atoms with van der Waals surface area (Å²) in [5.41, 5.74) is 8.21. The molecule has 0 aliphatic carbocycles. The molecule has 2 N–H and O–H groups in total. The van der Waals surface area contributed by atoms with Crippen molar-refractivity contribution < 1.29 is 0 Å². The molecular weight excluding hydrogens is 66.0 g/mol. The number of hydrogen-bond acceptors (Lipinski definition) is 2. The topological polar surface area (TPSA) is 48.2 Å². The van der Waals surface area contributed by atoms with Gasteiger partial charge >= 0.3 is 0 Å². The summed E-state index contributed by atoms with van der Waals surface area (Å²) in [6.07, 6.45) is 1.33. The van der Waals surface area contributed by atoms with Crippen LogP contribution in [0.2, 0.25) is 0 Å². The van der Waals surface area contributed by atoms with Gasteiger partial charge in [0.05, 0.1) is 0 Å². The van der Waals surface area contributed by atoms with Crippen molar-refractivity contribution in [2.75, 3.05) is 0 Å². The maximum Gasteiger partial charge on any atom is 0.0144 e. The lowest BCUT2D eigenvalue weighted by Gasteiger charge is -1.72. The fraction of sp³-hybridized carbons (Fsp3) is 0. The predicted octanol–water partition coefficient (Wildman–Crippen LogP) is 0.665. The molecule has 28 valence electrons. The first kappa shape index (κ1) is 4.14. The van der Waals surface area contributed by atoms with Crippen molar-refractivity contribution in [1.29, 1.82) is 5.53 Å². The normalized spacial score (nSPS) is 5.60. The first-order valence-corrected chi connectivity index (χ1v) is 1.14. The van der Waals surface area contributed by atoms with Crippen LogP contribution in [0, 0.1) is 5.53 Å². The summed E-state index contributed by atoms with van der Waals surface area (Å²) in [6.45, 7) is 3.23. The van der Waals surface area contributed by atoms with Crippen LogP contribution in [0.5, 0.6) is 0 Å². The van der Waals surface area contributed by atoms with Crippen molar-refractivity contribution in [2.45, 2.75) is 0 Å². The molecule has 0 saturated carbocycles. The molecule has 3 heteroatoms. The van der Waals surface area contributed by atoms with E-state index >= 15 is 0 Å². The Hall–Kier alpha value is -0.860. The molecule has 0 spiro atoms. The second-order valence-corrected chi connectivity index (χ2v) is 0.445. The van der Waals surface area contributed by atoms with Crippen LogP contribution >= 0.6 is 0 Å². The van der Waals surface area contributed by atoms with E-state index in [1.54, 1.807) is 0 Å². The van der Waals surface area contributed by atoms with Crippen LogP contribution in [0.3, 0.4) is 0 Å². The Balaban J connectivity index is 2.65. The van der Waals surface area contributed by atoms with Crippen LogP contribution in [0.25, 0.3) is 0 Å². The van der Waals surface area contributed by atoms with Gasteiger partial charge in [0.1, 0.15) is 0 Å². The highest BCUT2D eigenvalue weighted by Gasteiger charge is 1.45. The summed E-state index contributed by atoms with van der Waals surface area (Å²) in [6, 6.07) is 0. The lowest BCUT2D eigenvalue weighted by atomic mass is 11.1. The lowest BCUT2D eigenvalue weighted by molar-refractivity contribution is 0.830. The van der Waals surface area contributed by atoms with Gasteiger partial charge in [-0.25, -0.2) is 0 Å². The van der Waals surface area contributed by atoms with Crippen molar-refractivity contribution in [3.63, 3.8) is 0 Å². The highest BCUT2D eigenvalue weighted by molar-refractivity contribution is 4.54. The third-order valence-corrected chi connectivity index (χ3v) is 0.156. The van der Waals surface area contributed by atoms with Gasteiger partial charge in [0, 0.05) is 6.20 Å². The van der Waals surface area contributed by atoms with Gasteiger partial charge in [0.15, 0.2) is 0 Å². The van der Waals surface area contributed by atoms with Gasteiger partial charge in [-0.15, -0.1) is 0 Å². The highest BCUT2D eigenvalue weighted by atomic mass is 15.4. The summed E-state index contributed by atoms with van der Waals surface area (Å²) in [7, 11) is 0. The molecule has 0 atom stereocenters. The minimum Gasteiger partial charge on any atom is -0.268 e. The Kier molecular flexibility index (Phi) is 2.60. The molecular formula is C2H5N3. The molecule has 0 bridgehead atoms. The molecule has 0 heterocycles. The van der Waals surface area contributed by atoms with Crippen LogP contribution in [-0.2, 0) is 0 Å². The number of nitrogens with one attached hydrogen (secondary N) is 2. The van der Waals surface area contributed by atoms with Crippen molar-refractivity contribution in [2.24, 2.45) is 5.22 Å². The van der Waals surface area contributed by atoms with Crippen molar-refractivity contribution >= 4 is 0 Å². The molecule has 3 nitrogen and oxygen atoms in total. The van der Waals surface area contributed by atoms with Crippen molar-refractivity contribution in [1.82, 2.24) is 5.43 Å². The minimum absolute atomic E-state index is 1.33. The van der Waals surface area contributed by atoms with Gasteiger partial charge < -0.3 is 0 Å². The third kappa shape index (κ3) is 3.14. The predicted molar refractivity (Wildman–Crippen MR) is 18.5 cm³/mol. The fourth-order valence-corrected chi connectivity index (χ4v) is 0.0456. The Morgan fingerprint density at radius 3 is 2.60 bits per heavy atom. The molecule has 0 aromatic rings. The van der Waals surface area contributed by atoms with E-state index in [0.29, 0.717) is 0 Å².